The Morgan fingerprint density at radius 2 is 0.773 bits per heavy atom. The lowest BCUT2D eigenvalue weighted by Gasteiger charge is -2.29. The number of benzene rings is 11. The summed E-state index contributed by atoms with van der Waals surface area (Å²) in [5.41, 5.74) is 18.5. The molecule has 310 valence electrons. The third kappa shape index (κ3) is 6.93. The van der Waals surface area contributed by atoms with E-state index in [9.17, 15) is 0 Å². The summed E-state index contributed by atoms with van der Waals surface area (Å²) < 4.78 is 2.43. The smallest absolute Gasteiger partial charge is 0.0541 e. The van der Waals surface area contributed by atoms with Crippen LogP contribution in [0.15, 0.2) is 267 Å². The van der Waals surface area contributed by atoms with E-state index in [0.29, 0.717) is 0 Å². The van der Waals surface area contributed by atoms with E-state index in [1.807, 2.05) is 0 Å². The lowest BCUT2D eigenvalue weighted by atomic mass is 9.92. The molecule has 0 atom stereocenters. The fourth-order valence-corrected chi connectivity index (χ4v) is 9.95. The van der Waals surface area contributed by atoms with Crippen LogP contribution in [0.3, 0.4) is 0 Å². The molecule has 12 aromatic rings. The Morgan fingerprint density at radius 3 is 1.52 bits per heavy atom. The fraction of sp³-hybridized carbons (Fsp3) is 0. The molecule has 0 N–H and O–H groups in total. The molecule has 2 nitrogen and oxygen atoms in total. The van der Waals surface area contributed by atoms with Gasteiger partial charge in [0.2, 0.25) is 0 Å². The van der Waals surface area contributed by atoms with Crippen LogP contribution in [-0.4, -0.2) is 4.57 Å². The maximum Gasteiger partial charge on any atom is 0.0541 e. The standard InChI is InChI=1S/C64H44N2/c1-3-19-47(20-4-1)55-28-9-13-33-61(55)65(51-39-37-45(38-40-51)49-25-17-26-50(43-49)54-32-18-24-46-23-7-8-27-53(46)54)52-41-42-56(60(44-52)48-21-5-2-6-22-48)57-29-10-14-34-62(57)66-63-35-15-11-30-58(63)59-31-12-16-36-64(59)66/h1-44H. The third-order valence-corrected chi connectivity index (χ3v) is 13.0. The van der Waals surface area contributed by atoms with Crippen LogP contribution in [0.25, 0.3) is 93.9 Å². The van der Waals surface area contributed by atoms with Crippen molar-refractivity contribution in [3.63, 3.8) is 0 Å². The highest BCUT2D eigenvalue weighted by Crippen LogP contribution is 2.46. The molecule has 0 saturated carbocycles. The number of hydrogen-bond donors (Lipinski definition) is 0. The van der Waals surface area contributed by atoms with Crippen molar-refractivity contribution in [2.75, 3.05) is 4.90 Å². The van der Waals surface area contributed by atoms with Crippen molar-refractivity contribution >= 4 is 49.6 Å². The predicted molar refractivity (Wildman–Crippen MR) is 280 cm³/mol. The van der Waals surface area contributed by atoms with Crippen LogP contribution in [-0.2, 0) is 0 Å². The van der Waals surface area contributed by atoms with Crippen molar-refractivity contribution in [2.45, 2.75) is 0 Å². The van der Waals surface area contributed by atoms with Crippen LogP contribution < -0.4 is 4.90 Å². The van der Waals surface area contributed by atoms with Gasteiger partial charge in [-0.15, -0.1) is 0 Å². The minimum absolute atomic E-state index is 1.07. The Hall–Kier alpha value is -8.72. The van der Waals surface area contributed by atoms with Gasteiger partial charge in [-0.2, -0.15) is 0 Å². The molecule has 0 fully saturated rings. The van der Waals surface area contributed by atoms with Gasteiger partial charge in [0.25, 0.3) is 0 Å². The summed E-state index contributed by atoms with van der Waals surface area (Å²) in [5.74, 6) is 0. The van der Waals surface area contributed by atoms with Crippen LogP contribution in [0.5, 0.6) is 0 Å². The maximum atomic E-state index is 2.43. The molecule has 0 amide bonds. The van der Waals surface area contributed by atoms with E-state index in [4.69, 9.17) is 0 Å². The third-order valence-electron chi connectivity index (χ3n) is 13.0. The molecule has 0 aliphatic rings. The van der Waals surface area contributed by atoms with Gasteiger partial charge in [0, 0.05) is 33.3 Å². The number of aromatic nitrogens is 1. The molecule has 12 rings (SSSR count). The van der Waals surface area contributed by atoms with E-state index in [1.54, 1.807) is 0 Å². The Labute approximate surface area is 385 Å². The van der Waals surface area contributed by atoms with Crippen LogP contribution in [0.2, 0.25) is 0 Å². The normalized spacial score (nSPS) is 11.3. The van der Waals surface area contributed by atoms with Gasteiger partial charge >= 0.3 is 0 Å². The van der Waals surface area contributed by atoms with Gasteiger partial charge in [0.1, 0.15) is 0 Å². The second kappa shape index (κ2) is 16.8. The van der Waals surface area contributed by atoms with E-state index >= 15 is 0 Å². The summed E-state index contributed by atoms with van der Waals surface area (Å²) in [6, 6.07) is 96.9. The first-order valence-electron chi connectivity index (χ1n) is 22.7. The van der Waals surface area contributed by atoms with E-state index < -0.39 is 0 Å². The fourth-order valence-electron chi connectivity index (χ4n) is 9.95. The Bertz CT molecular complexity index is 3640. The molecule has 1 aromatic heterocycles. The van der Waals surface area contributed by atoms with Gasteiger partial charge in [0.05, 0.1) is 22.4 Å². The van der Waals surface area contributed by atoms with Gasteiger partial charge in [0.15, 0.2) is 0 Å². The van der Waals surface area contributed by atoms with E-state index in [-0.39, 0.29) is 0 Å². The number of hydrogen-bond acceptors (Lipinski definition) is 1. The number of para-hydroxylation sites is 4. The zero-order valence-electron chi connectivity index (χ0n) is 36.3. The summed E-state index contributed by atoms with van der Waals surface area (Å²) in [6.07, 6.45) is 0. The quantitative estimate of drug-likeness (QED) is 0.141. The van der Waals surface area contributed by atoms with E-state index in [1.165, 1.54) is 71.5 Å². The molecule has 0 unspecified atom stereocenters. The van der Waals surface area contributed by atoms with Crippen molar-refractivity contribution < 1.29 is 0 Å². The van der Waals surface area contributed by atoms with Gasteiger partial charge in [-0.3, -0.25) is 0 Å². The summed E-state index contributed by atoms with van der Waals surface area (Å²) >= 11 is 0. The zero-order chi connectivity index (χ0) is 43.8. The van der Waals surface area contributed by atoms with Gasteiger partial charge < -0.3 is 9.47 Å². The number of rotatable bonds is 9. The molecule has 1 heterocycles. The highest BCUT2D eigenvalue weighted by Gasteiger charge is 2.22. The molecule has 2 heteroatoms. The Morgan fingerprint density at radius 1 is 0.258 bits per heavy atom. The van der Waals surface area contributed by atoms with Crippen molar-refractivity contribution in [3.05, 3.63) is 267 Å². The second-order valence-electron chi connectivity index (χ2n) is 16.9. The van der Waals surface area contributed by atoms with Crippen molar-refractivity contribution in [1.82, 2.24) is 4.57 Å². The second-order valence-corrected chi connectivity index (χ2v) is 16.9. The molecule has 0 saturated heterocycles. The van der Waals surface area contributed by atoms with E-state index in [2.05, 4.69) is 276 Å². The molecule has 0 aliphatic carbocycles. The molecule has 0 bridgehead atoms. The first-order valence-corrected chi connectivity index (χ1v) is 22.7. The van der Waals surface area contributed by atoms with E-state index in [0.717, 1.165) is 39.4 Å². The van der Waals surface area contributed by atoms with Crippen LogP contribution in [0.1, 0.15) is 0 Å². The monoisotopic (exact) mass is 840 g/mol. The van der Waals surface area contributed by atoms with Crippen molar-refractivity contribution in [3.8, 4) is 61.3 Å². The predicted octanol–water partition coefficient (Wildman–Crippen LogP) is 17.7. The van der Waals surface area contributed by atoms with Gasteiger partial charge in [-0.25, -0.2) is 0 Å². The van der Waals surface area contributed by atoms with Crippen LogP contribution in [0.4, 0.5) is 17.1 Å². The topological polar surface area (TPSA) is 8.17 Å². The summed E-state index contributed by atoms with van der Waals surface area (Å²) in [6.45, 7) is 0. The minimum atomic E-state index is 1.07. The summed E-state index contributed by atoms with van der Waals surface area (Å²) in [5, 5.41) is 5.00. The summed E-state index contributed by atoms with van der Waals surface area (Å²) in [7, 11) is 0. The SMILES string of the molecule is c1ccc(-c2cc(N(c3ccc(-c4cccc(-c5cccc6ccccc56)c4)cc3)c3ccccc3-c3ccccc3)ccc2-c2ccccc2-n2c3ccccc3c3ccccc32)cc1. The van der Waals surface area contributed by atoms with Crippen LogP contribution in [0, 0.1) is 0 Å². The molecule has 0 radical (unpaired) electrons. The lowest BCUT2D eigenvalue weighted by molar-refractivity contribution is 1.18. The molecule has 11 aromatic carbocycles. The van der Waals surface area contributed by atoms with Crippen molar-refractivity contribution in [1.29, 1.82) is 0 Å². The average molecular weight is 841 g/mol. The molecule has 0 aliphatic heterocycles. The summed E-state index contributed by atoms with van der Waals surface area (Å²) in [4.78, 5) is 2.42. The van der Waals surface area contributed by atoms with Gasteiger partial charge in [-0.1, -0.05) is 212 Å². The van der Waals surface area contributed by atoms with Crippen LogP contribution >= 0.6 is 0 Å². The molecule has 0 spiro atoms. The first kappa shape index (κ1) is 38.9. The highest BCUT2D eigenvalue weighted by atomic mass is 15.1. The number of anilines is 3. The minimum Gasteiger partial charge on any atom is -0.310 e. The highest BCUT2D eigenvalue weighted by molar-refractivity contribution is 6.10. The molecular weight excluding hydrogens is 797 g/mol. The van der Waals surface area contributed by atoms with Gasteiger partial charge in [-0.05, 0) is 110 Å². The average Bonchev–Trinajstić information content (AvgIpc) is 3.74. The Balaban J connectivity index is 1.02. The Kier molecular flexibility index (Phi) is 9.89. The van der Waals surface area contributed by atoms with Crippen molar-refractivity contribution in [2.24, 2.45) is 0 Å². The number of nitrogens with zero attached hydrogens (tertiary/aromatic N) is 2. The first-order chi connectivity index (χ1) is 32.8. The maximum absolute atomic E-state index is 2.43. The number of fused-ring (bicyclic) bond motifs is 4. The zero-order valence-corrected chi connectivity index (χ0v) is 36.3. The molecule has 66 heavy (non-hydrogen) atoms. The largest absolute Gasteiger partial charge is 0.310 e. The molecular formula is C64H44N2. The lowest BCUT2D eigenvalue weighted by Crippen LogP contribution is -2.11.